The van der Waals surface area contributed by atoms with Crippen molar-refractivity contribution in [2.75, 3.05) is 0 Å². The molecule has 0 aliphatic rings. The summed E-state index contributed by atoms with van der Waals surface area (Å²) in [4.78, 5) is 12.0. The number of hydrogen-bond acceptors (Lipinski definition) is 3. The first-order valence-corrected chi connectivity index (χ1v) is 7.28. The predicted molar refractivity (Wildman–Crippen MR) is 80.6 cm³/mol. The Hall–Kier alpha value is -2.68. The molecule has 1 amide bonds. The lowest BCUT2D eigenvalue weighted by Crippen LogP contribution is -2.25. The standard InChI is InChI=1S/C15H9ClF4N4O/c16-10-5-8(15(18,19)20)7-24-12(22-23-13(10)24)6-21-14(25)9-3-1-2-4-11(9)17/h1-5,7H,6H2,(H,21,25). The van der Waals surface area contributed by atoms with Crippen molar-refractivity contribution in [3.05, 3.63) is 64.3 Å². The van der Waals surface area contributed by atoms with E-state index >= 15 is 0 Å². The zero-order valence-corrected chi connectivity index (χ0v) is 13.1. The van der Waals surface area contributed by atoms with Crippen molar-refractivity contribution in [2.24, 2.45) is 0 Å². The Bertz CT molecular complexity index is 954. The predicted octanol–water partition coefficient (Wildman–Crippen LogP) is 3.47. The summed E-state index contributed by atoms with van der Waals surface area (Å²) in [5.41, 5.74) is -1.15. The summed E-state index contributed by atoms with van der Waals surface area (Å²) in [6.07, 6.45) is -3.82. The van der Waals surface area contributed by atoms with Crippen LogP contribution in [0.25, 0.3) is 5.65 Å². The minimum Gasteiger partial charge on any atom is -0.345 e. The Morgan fingerprint density at radius 2 is 1.96 bits per heavy atom. The van der Waals surface area contributed by atoms with Gasteiger partial charge in [-0.2, -0.15) is 13.2 Å². The Morgan fingerprint density at radius 1 is 1.24 bits per heavy atom. The van der Waals surface area contributed by atoms with Gasteiger partial charge >= 0.3 is 6.18 Å². The third kappa shape index (κ3) is 3.41. The third-order valence-electron chi connectivity index (χ3n) is 3.38. The maximum Gasteiger partial charge on any atom is 0.417 e. The van der Waals surface area contributed by atoms with Crippen molar-refractivity contribution in [3.8, 4) is 0 Å². The fraction of sp³-hybridized carbons (Fsp3) is 0.133. The molecule has 3 aromatic rings. The van der Waals surface area contributed by atoms with Crippen molar-refractivity contribution in [1.29, 1.82) is 0 Å². The van der Waals surface area contributed by atoms with E-state index in [2.05, 4.69) is 15.5 Å². The number of nitrogens with zero attached hydrogens (tertiary/aromatic N) is 3. The Balaban J connectivity index is 1.88. The summed E-state index contributed by atoms with van der Waals surface area (Å²) in [6, 6.07) is 6.06. The highest BCUT2D eigenvalue weighted by molar-refractivity contribution is 6.33. The zero-order valence-electron chi connectivity index (χ0n) is 12.3. The maximum absolute atomic E-state index is 13.6. The van der Waals surface area contributed by atoms with Gasteiger partial charge in [0.15, 0.2) is 11.5 Å². The van der Waals surface area contributed by atoms with E-state index in [1.54, 1.807) is 0 Å². The Kier molecular flexibility index (Phi) is 4.34. The molecule has 0 aliphatic carbocycles. The molecule has 25 heavy (non-hydrogen) atoms. The van der Waals surface area contributed by atoms with Crippen LogP contribution in [-0.4, -0.2) is 20.5 Å². The van der Waals surface area contributed by atoms with Gasteiger partial charge in [-0.1, -0.05) is 23.7 Å². The first-order valence-electron chi connectivity index (χ1n) is 6.90. The topological polar surface area (TPSA) is 59.3 Å². The molecule has 0 radical (unpaired) electrons. The summed E-state index contributed by atoms with van der Waals surface area (Å²) in [5.74, 6) is -1.42. The number of aromatic nitrogens is 3. The summed E-state index contributed by atoms with van der Waals surface area (Å²) >= 11 is 5.80. The lowest BCUT2D eigenvalue weighted by Gasteiger charge is -2.09. The van der Waals surface area contributed by atoms with E-state index in [-0.39, 0.29) is 28.6 Å². The summed E-state index contributed by atoms with van der Waals surface area (Å²) in [6.45, 7) is -0.258. The van der Waals surface area contributed by atoms with Gasteiger partial charge in [-0.3, -0.25) is 9.20 Å². The number of amides is 1. The van der Waals surface area contributed by atoms with Crippen LogP contribution in [0.15, 0.2) is 36.5 Å². The molecule has 3 rings (SSSR count). The molecule has 0 spiro atoms. The van der Waals surface area contributed by atoms with Crippen LogP contribution < -0.4 is 5.32 Å². The van der Waals surface area contributed by atoms with Gasteiger partial charge < -0.3 is 5.32 Å². The molecular formula is C15H9ClF4N4O. The van der Waals surface area contributed by atoms with Gasteiger partial charge in [-0.25, -0.2) is 4.39 Å². The molecule has 130 valence electrons. The monoisotopic (exact) mass is 372 g/mol. The SMILES string of the molecule is O=C(NCc1nnc2c(Cl)cc(C(F)(F)F)cn12)c1ccccc1F. The molecule has 0 atom stereocenters. The molecule has 1 N–H and O–H groups in total. The average molecular weight is 373 g/mol. The molecule has 2 aromatic heterocycles. The van der Waals surface area contributed by atoms with Crippen LogP contribution >= 0.6 is 11.6 Å². The van der Waals surface area contributed by atoms with Crippen LogP contribution in [0.4, 0.5) is 17.6 Å². The number of carbonyl (C=O) groups excluding carboxylic acids is 1. The van der Waals surface area contributed by atoms with E-state index in [0.29, 0.717) is 0 Å². The third-order valence-corrected chi connectivity index (χ3v) is 3.66. The second-order valence-electron chi connectivity index (χ2n) is 5.05. The van der Waals surface area contributed by atoms with Gasteiger partial charge in [0.05, 0.1) is 22.7 Å². The minimum atomic E-state index is -4.60. The van der Waals surface area contributed by atoms with Crippen LogP contribution in [-0.2, 0) is 12.7 Å². The van der Waals surface area contributed by atoms with Crippen LogP contribution in [0.2, 0.25) is 5.02 Å². The number of pyridine rings is 1. The lowest BCUT2D eigenvalue weighted by molar-refractivity contribution is -0.137. The fourth-order valence-electron chi connectivity index (χ4n) is 2.18. The van der Waals surface area contributed by atoms with Gasteiger partial charge in [-0.05, 0) is 18.2 Å². The number of carbonyl (C=O) groups is 1. The van der Waals surface area contributed by atoms with E-state index in [1.807, 2.05) is 0 Å². The van der Waals surface area contributed by atoms with Crippen molar-refractivity contribution < 1.29 is 22.4 Å². The maximum atomic E-state index is 13.6. The molecule has 0 unspecified atom stereocenters. The zero-order chi connectivity index (χ0) is 18.2. The molecule has 1 aromatic carbocycles. The van der Waals surface area contributed by atoms with Crippen LogP contribution in [0.5, 0.6) is 0 Å². The van der Waals surface area contributed by atoms with Crippen molar-refractivity contribution in [3.63, 3.8) is 0 Å². The first-order chi connectivity index (χ1) is 11.8. The molecule has 0 saturated heterocycles. The van der Waals surface area contributed by atoms with E-state index in [4.69, 9.17) is 11.6 Å². The number of hydrogen-bond donors (Lipinski definition) is 1. The molecule has 0 bridgehead atoms. The second kappa shape index (κ2) is 6.32. The molecule has 10 heteroatoms. The highest BCUT2D eigenvalue weighted by Crippen LogP contribution is 2.32. The molecule has 0 aliphatic heterocycles. The average Bonchev–Trinajstić information content (AvgIpc) is 2.96. The van der Waals surface area contributed by atoms with Crippen LogP contribution in [0.3, 0.4) is 0 Å². The van der Waals surface area contributed by atoms with Crippen molar-refractivity contribution in [2.45, 2.75) is 12.7 Å². The molecular weight excluding hydrogens is 364 g/mol. The number of alkyl halides is 3. The van der Waals surface area contributed by atoms with E-state index in [9.17, 15) is 22.4 Å². The number of halogens is 5. The van der Waals surface area contributed by atoms with Gasteiger partial charge in [0.25, 0.3) is 5.91 Å². The largest absolute Gasteiger partial charge is 0.417 e. The summed E-state index contributed by atoms with van der Waals surface area (Å²) < 4.78 is 53.3. The second-order valence-corrected chi connectivity index (χ2v) is 5.45. The lowest BCUT2D eigenvalue weighted by atomic mass is 10.2. The normalized spacial score (nSPS) is 11.7. The highest BCUT2D eigenvalue weighted by atomic mass is 35.5. The van der Waals surface area contributed by atoms with Crippen molar-refractivity contribution >= 4 is 23.2 Å². The molecule has 0 fully saturated rings. The highest BCUT2D eigenvalue weighted by Gasteiger charge is 2.32. The number of benzene rings is 1. The van der Waals surface area contributed by atoms with E-state index in [0.717, 1.165) is 22.7 Å². The summed E-state index contributed by atoms with van der Waals surface area (Å²) in [7, 11) is 0. The van der Waals surface area contributed by atoms with Gasteiger partial charge in [0.2, 0.25) is 0 Å². The molecule has 5 nitrogen and oxygen atoms in total. The van der Waals surface area contributed by atoms with Gasteiger partial charge in [-0.15, -0.1) is 10.2 Å². The van der Waals surface area contributed by atoms with Crippen LogP contribution in [0.1, 0.15) is 21.7 Å². The Morgan fingerprint density at radius 3 is 2.64 bits per heavy atom. The van der Waals surface area contributed by atoms with E-state index < -0.39 is 23.5 Å². The number of nitrogens with one attached hydrogen (secondary N) is 1. The number of fused-ring (bicyclic) bond motifs is 1. The minimum absolute atomic E-state index is 0.0183. The van der Waals surface area contributed by atoms with Gasteiger partial charge in [0, 0.05) is 6.20 Å². The molecule has 0 saturated carbocycles. The summed E-state index contributed by atoms with van der Waals surface area (Å²) in [5, 5.41) is 9.58. The Labute approximate surface area is 143 Å². The van der Waals surface area contributed by atoms with Gasteiger partial charge in [0.1, 0.15) is 5.82 Å². The fourth-order valence-corrected chi connectivity index (χ4v) is 2.42. The van der Waals surface area contributed by atoms with Crippen LogP contribution in [0, 0.1) is 5.82 Å². The first kappa shape index (κ1) is 17.2. The smallest absolute Gasteiger partial charge is 0.345 e. The van der Waals surface area contributed by atoms with E-state index in [1.165, 1.54) is 18.2 Å². The van der Waals surface area contributed by atoms with Crippen molar-refractivity contribution in [1.82, 2.24) is 19.9 Å². The molecule has 2 heterocycles. The number of rotatable bonds is 3. The quantitative estimate of drug-likeness (QED) is 0.716.